The molecule has 2 aromatic carbocycles. The topological polar surface area (TPSA) is 92.4 Å². The highest BCUT2D eigenvalue weighted by Gasteiger charge is 2.49. The number of nitrogens with two attached hydrogens (primary N) is 1. The van der Waals surface area contributed by atoms with Crippen molar-refractivity contribution in [2.24, 2.45) is 0 Å². The van der Waals surface area contributed by atoms with Crippen molar-refractivity contribution < 1.29 is 17.9 Å². The fraction of sp³-hybridized carbons (Fsp3) is 0.452. The molecule has 8 nitrogen and oxygen atoms in total. The van der Waals surface area contributed by atoms with Crippen LogP contribution in [0.3, 0.4) is 0 Å². The number of rotatable bonds is 6. The summed E-state index contributed by atoms with van der Waals surface area (Å²) in [7, 11) is 0. The van der Waals surface area contributed by atoms with Crippen LogP contribution in [0.15, 0.2) is 30.9 Å². The second kappa shape index (κ2) is 10.2. The molecule has 8 rings (SSSR count). The molecule has 0 radical (unpaired) electrons. The number of benzene rings is 2. The van der Waals surface area contributed by atoms with Crippen LogP contribution in [0.25, 0.3) is 32.2 Å². The Labute approximate surface area is 261 Å². The van der Waals surface area contributed by atoms with Gasteiger partial charge in [0.2, 0.25) is 0 Å². The van der Waals surface area contributed by atoms with Crippen molar-refractivity contribution in [2.45, 2.75) is 55.4 Å². The van der Waals surface area contributed by atoms with Gasteiger partial charge in [-0.15, -0.1) is 6.58 Å². The van der Waals surface area contributed by atoms with Gasteiger partial charge in [-0.05, 0) is 50.4 Å². The Kier molecular flexibility index (Phi) is 6.54. The summed E-state index contributed by atoms with van der Waals surface area (Å²) in [6, 6.07) is 4.60. The zero-order valence-corrected chi connectivity index (χ0v) is 25.5. The van der Waals surface area contributed by atoms with E-state index in [-0.39, 0.29) is 55.6 Å². The minimum absolute atomic E-state index is 0.0175. The van der Waals surface area contributed by atoms with Crippen molar-refractivity contribution in [3.05, 3.63) is 47.5 Å². The lowest BCUT2D eigenvalue weighted by atomic mass is 9.95. The molecule has 0 spiro atoms. The molecule has 4 atom stereocenters. The van der Waals surface area contributed by atoms with Crippen LogP contribution >= 0.6 is 22.9 Å². The maximum Gasteiger partial charge on any atom is 0.319 e. The molecule has 4 aliphatic heterocycles. The Bertz CT molecular complexity index is 1840. The van der Waals surface area contributed by atoms with Gasteiger partial charge in [-0.1, -0.05) is 29.0 Å². The highest BCUT2D eigenvalue weighted by Crippen LogP contribution is 2.44. The Morgan fingerprint density at radius 1 is 1.20 bits per heavy atom. The van der Waals surface area contributed by atoms with Crippen molar-refractivity contribution >= 4 is 55.0 Å². The standard InChI is InChI=1S/C31H31ClF3N7OS/c1-2-30-8-6-17(40-30)13-41(14-30)27-19-10-20(32)22(18-4-5-21(34)26-25(18)37-28(36)44-26)23(35)24(19)38-29(39-27)43-15-31-7-3-9-42(31)12-16(33)11-31/h2,4-5,10,16-17,40H,1,3,6-9,11-15H2,(H2,36,37). The first-order valence-corrected chi connectivity index (χ1v) is 16.1. The SMILES string of the molecule is C=CC12CCC(CN(c3nc(OCC45CCCN4CC(F)C5)nc4c(F)c(-c5ccc(F)c6sc(N)nc56)c(Cl)cc34)C1)N2. The molecule has 13 heteroatoms. The molecule has 44 heavy (non-hydrogen) atoms. The van der Waals surface area contributed by atoms with Gasteiger partial charge in [0, 0.05) is 48.6 Å². The van der Waals surface area contributed by atoms with Crippen molar-refractivity contribution in [3.63, 3.8) is 0 Å². The van der Waals surface area contributed by atoms with Crippen LogP contribution in [0.4, 0.5) is 24.1 Å². The summed E-state index contributed by atoms with van der Waals surface area (Å²) < 4.78 is 52.4. The molecule has 0 aliphatic carbocycles. The number of alkyl halides is 1. The lowest BCUT2D eigenvalue weighted by Crippen LogP contribution is -2.58. The second-order valence-electron chi connectivity index (χ2n) is 12.6. The van der Waals surface area contributed by atoms with Crippen molar-refractivity contribution in [3.8, 4) is 17.1 Å². The summed E-state index contributed by atoms with van der Waals surface area (Å²) in [5, 5.41) is 4.38. The average molecular weight is 642 g/mol. The molecule has 4 saturated heterocycles. The molecule has 4 aromatic rings. The normalized spacial score (nSPS) is 28.3. The van der Waals surface area contributed by atoms with Gasteiger partial charge in [0.05, 0.1) is 26.3 Å². The van der Waals surface area contributed by atoms with Crippen LogP contribution in [0.5, 0.6) is 6.01 Å². The van der Waals surface area contributed by atoms with Gasteiger partial charge in [0.1, 0.15) is 29.9 Å². The number of anilines is 2. The molecule has 2 aromatic heterocycles. The highest BCUT2D eigenvalue weighted by atomic mass is 35.5. The number of thiazole rings is 1. The van der Waals surface area contributed by atoms with Crippen LogP contribution in [0.2, 0.25) is 5.02 Å². The van der Waals surface area contributed by atoms with Crippen LogP contribution < -0.4 is 20.7 Å². The van der Waals surface area contributed by atoms with E-state index in [1.165, 1.54) is 12.1 Å². The number of ether oxygens (including phenoxy) is 1. The Morgan fingerprint density at radius 2 is 2.07 bits per heavy atom. The van der Waals surface area contributed by atoms with Crippen molar-refractivity contribution in [1.29, 1.82) is 0 Å². The number of hydrogen-bond acceptors (Lipinski definition) is 9. The van der Waals surface area contributed by atoms with Crippen molar-refractivity contribution in [2.75, 3.05) is 43.4 Å². The number of fused-ring (bicyclic) bond motifs is 5. The maximum atomic E-state index is 16.8. The molecular weight excluding hydrogens is 611 g/mol. The molecule has 230 valence electrons. The first-order chi connectivity index (χ1) is 21.2. The van der Waals surface area contributed by atoms with Gasteiger partial charge in [0.25, 0.3) is 0 Å². The van der Waals surface area contributed by atoms with E-state index in [0.29, 0.717) is 42.8 Å². The Hall–Kier alpha value is -3.19. The lowest BCUT2D eigenvalue weighted by Gasteiger charge is -2.40. The molecule has 0 amide bonds. The zero-order chi connectivity index (χ0) is 30.4. The van der Waals surface area contributed by atoms with Crippen LogP contribution in [0, 0.1) is 11.6 Å². The van der Waals surface area contributed by atoms with Gasteiger partial charge in [0.15, 0.2) is 10.9 Å². The number of piperazine rings is 1. The first kappa shape index (κ1) is 28.3. The van der Waals surface area contributed by atoms with Crippen LogP contribution in [-0.2, 0) is 0 Å². The highest BCUT2D eigenvalue weighted by molar-refractivity contribution is 7.22. The summed E-state index contributed by atoms with van der Waals surface area (Å²) in [6.45, 7) is 6.73. The van der Waals surface area contributed by atoms with E-state index in [2.05, 4.69) is 31.7 Å². The van der Waals surface area contributed by atoms with E-state index >= 15 is 4.39 Å². The van der Waals surface area contributed by atoms with Gasteiger partial charge >= 0.3 is 6.01 Å². The number of aromatic nitrogens is 3. The fourth-order valence-corrected chi connectivity index (χ4v) is 8.91. The third kappa shape index (κ3) is 4.36. The molecule has 3 N–H and O–H groups in total. The predicted octanol–water partition coefficient (Wildman–Crippen LogP) is 5.87. The number of nitrogen functional groups attached to an aromatic ring is 1. The van der Waals surface area contributed by atoms with Gasteiger partial charge in [-0.3, -0.25) is 4.90 Å². The molecule has 0 saturated carbocycles. The minimum Gasteiger partial charge on any atom is -0.461 e. The van der Waals surface area contributed by atoms with E-state index in [4.69, 9.17) is 27.1 Å². The Balaban J connectivity index is 1.28. The van der Waals surface area contributed by atoms with Gasteiger partial charge < -0.3 is 20.7 Å². The van der Waals surface area contributed by atoms with Crippen LogP contribution in [0.1, 0.15) is 32.1 Å². The Morgan fingerprint density at radius 3 is 2.91 bits per heavy atom. The van der Waals surface area contributed by atoms with E-state index in [1.54, 1.807) is 6.07 Å². The van der Waals surface area contributed by atoms with Crippen LogP contribution in [-0.4, -0.2) is 75.9 Å². The molecule has 4 unspecified atom stereocenters. The summed E-state index contributed by atoms with van der Waals surface area (Å²) in [5.74, 6) is -0.681. The third-order valence-corrected chi connectivity index (χ3v) is 11.1. The number of hydrogen-bond donors (Lipinski definition) is 2. The summed E-state index contributed by atoms with van der Waals surface area (Å²) in [4.78, 5) is 18.0. The smallest absolute Gasteiger partial charge is 0.319 e. The largest absolute Gasteiger partial charge is 0.461 e. The first-order valence-electron chi connectivity index (χ1n) is 14.9. The predicted molar refractivity (Wildman–Crippen MR) is 167 cm³/mol. The lowest BCUT2D eigenvalue weighted by molar-refractivity contribution is 0.107. The van der Waals surface area contributed by atoms with E-state index < -0.39 is 23.3 Å². The van der Waals surface area contributed by atoms with E-state index in [1.807, 2.05) is 6.08 Å². The van der Waals surface area contributed by atoms with Gasteiger partial charge in [-0.25, -0.2) is 18.2 Å². The number of nitrogens with one attached hydrogen (secondary N) is 1. The summed E-state index contributed by atoms with van der Waals surface area (Å²) in [6.07, 6.45) is 5.12. The number of halogens is 4. The van der Waals surface area contributed by atoms with E-state index in [0.717, 1.165) is 43.6 Å². The molecular formula is C31H31ClF3N7OS. The quantitative estimate of drug-likeness (QED) is 0.253. The minimum atomic E-state index is -0.909. The molecule has 2 bridgehead atoms. The monoisotopic (exact) mass is 641 g/mol. The fourth-order valence-electron chi connectivity index (χ4n) is 7.86. The van der Waals surface area contributed by atoms with Crippen molar-refractivity contribution in [1.82, 2.24) is 25.2 Å². The summed E-state index contributed by atoms with van der Waals surface area (Å²) in [5.41, 5.74) is 5.80. The second-order valence-corrected chi connectivity index (χ2v) is 14.0. The molecule has 6 heterocycles. The molecule has 4 fully saturated rings. The number of nitrogens with zero attached hydrogens (tertiary/aromatic N) is 5. The maximum absolute atomic E-state index is 16.8. The summed E-state index contributed by atoms with van der Waals surface area (Å²) >= 11 is 7.81. The third-order valence-electron chi connectivity index (χ3n) is 9.89. The average Bonchev–Trinajstić information content (AvgIpc) is 3.74. The van der Waals surface area contributed by atoms with E-state index in [9.17, 15) is 8.78 Å². The molecule has 4 aliphatic rings. The zero-order valence-electron chi connectivity index (χ0n) is 23.9. The van der Waals surface area contributed by atoms with Gasteiger partial charge in [-0.2, -0.15) is 9.97 Å².